The molecule has 3 aliphatic rings. The molecule has 6 rings (SSSR count). The number of fused-ring (bicyclic) bond motifs is 5. The van der Waals surface area contributed by atoms with Crippen molar-refractivity contribution in [2.75, 3.05) is 31.8 Å². The maximum absolute atomic E-state index is 13.1. The molecule has 3 aromatic carbocycles. The highest BCUT2D eigenvalue weighted by molar-refractivity contribution is 9.10. The Labute approximate surface area is 288 Å². The third-order valence-corrected chi connectivity index (χ3v) is 9.96. The molecule has 2 amide bonds. The molecule has 45 heavy (non-hydrogen) atoms. The van der Waals surface area contributed by atoms with Gasteiger partial charge in [0.25, 0.3) is 0 Å². The van der Waals surface area contributed by atoms with Crippen LogP contribution >= 0.6 is 15.9 Å². The predicted octanol–water partition coefficient (Wildman–Crippen LogP) is 3.21. The van der Waals surface area contributed by atoms with Crippen LogP contribution in [0.15, 0.2) is 65.1 Å². The van der Waals surface area contributed by atoms with Crippen LogP contribution in [0.3, 0.4) is 0 Å². The Bertz CT molecular complexity index is 1570. The van der Waals surface area contributed by atoms with Gasteiger partial charge in [-0.15, -0.1) is 0 Å². The smallest absolute Gasteiger partial charge is 0.411 e. The van der Waals surface area contributed by atoms with Crippen molar-refractivity contribution in [2.45, 2.75) is 62.5 Å². The largest absolute Gasteiger partial charge is 1.00 e. The van der Waals surface area contributed by atoms with Gasteiger partial charge in [-0.3, -0.25) is 14.9 Å². The normalized spacial score (nSPS) is 23.6. The second-order valence-corrected chi connectivity index (χ2v) is 13.1. The van der Waals surface area contributed by atoms with Crippen LogP contribution in [0.4, 0.5) is 16.2 Å². The van der Waals surface area contributed by atoms with Crippen molar-refractivity contribution in [3.63, 3.8) is 0 Å². The molecular formula is C34H37BrIN3O6. The van der Waals surface area contributed by atoms with E-state index in [9.17, 15) is 14.4 Å². The fourth-order valence-electron chi connectivity index (χ4n) is 6.90. The number of epoxide rings is 1. The fourth-order valence-corrected chi connectivity index (χ4v) is 7.36. The number of hydrogen-bond donors (Lipinski definition) is 2. The number of benzene rings is 3. The number of nitrogens with zero attached hydrogens (tertiary/aromatic N) is 1. The number of halogens is 2. The Morgan fingerprint density at radius 3 is 2.38 bits per heavy atom. The van der Waals surface area contributed by atoms with Crippen molar-refractivity contribution in [2.24, 2.45) is 0 Å². The Hall–Kier alpha value is -3.00. The summed E-state index contributed by atoms with van der Waals surface area (Å²) < 4.78 is 18.6. The van der Waals surface area contributed by atoms with E-state index in [1.807, 2.05) is 42.5 Å². The molecule has 0 saturated carbocycles. The summed E-state index contributed by atoms with van der Waals surface area (Å²) >= 11 is 3.41. The van der Waals surface area contributed by atoms with Crippen LogP contribution in [0.5, 0.6) is 5.75 Å². The number of methoxy groups -OCH3 is 1. The van der Waals surface area contributed by atoms with E-state index < -0.39 is 6.09 Å². The van der Waals surface area contributed by atoms with E-state index in [1.165, 1.54) is 7.11 Å². The Balaban J connectivity index is 0.00000400. The second kappa shape index (κ2) is 13.8. The number of piperidine rings is 1. The van der Waals surface area contributed by atoms with Gasteiger partial charge in [0.2, 0.25) is 5.91 Å². The lowest BCUT2D eigenvalue weighted by molar-refractivity contribution is -0.938. The van der Waals surface area contributed by atoms with Gasteiger partial charge in [0.15, 0.2) is 6.29 Å². The van der Waals surface area contributed by atoms with Crippen molar-refractivity contribution in [1.29, 1.82) is 0 Å². The number of rotatable bonds is 10. The van der Waals surface area contributed by atoms with Gasteiger partial charge in [-0.25, -0.2) is 4.79 Å². The number of morpholine rings is 1. The molecule has 5 atom stereocenters. The summed E-state index contributed by atoms with van der Waals surface area (Å²) in [4.78, 5) is 37.1. The molecular weight excluding hydrogens is 753 g/mol. The highest BCUT2D eigenvalue weighted by Crippen LogP contribution is 2.51. The van der Waals surface area contributed by atoms with Crippen molar-refractivity contribution in [3.8, 4) is 16.9 Å². The average Bonchev–Trinajstić information content (AvgIpc) is 3.78. The van der Waals surface area contributed by atoms with E-state index in [0.29, 0.717) is 77.0 Å². The number of nitrogens with one attached hydrogen (secondary N) is 2. The minimum absolute atomic E-state index is 0. The topological polar surface area (TPSA) is 106 Å². The lowest BCUT2D eigenvalue weighted by Crippen LogP contribution is -3.00. The van der Waals surface area contributed by atoms with Crippen molar-refractivity contribution >= 4 is 45.6 Å². The molecule has 0 spiro atoms. The zero-order valence-corrected chi connectivity index (χ0v) is 29.2. The standard InChI is InChI=1S/C34H36BrN3O6.HI/c1-38(2)28-16-23(17-29(38)33-32(28)44-33)43-34(41)37-26-13-12-20(14-24(26)21-9-5-4-6-10-21)8-7-11-31(40)36-27-18-30(42-3)22(19-39)15-25(27)35;/h4-6,9-10,12-15,18-19,23,28-29,32-33H,7-8,11,16-17H2,1-3H3,(H-,36,37,39,40,41);1H/t23?,28-,29+,32-,33+;. The molecule has 0 aliphatic carbocycles. The van der Waals surface area contributed by atoms with Gasteiger partial charge in [0, 0.05) is 35.4 Å². The molecule has 2 N–H and O–H groups in total. The zero-order valence-electron chi connectivity index (χ0n) is 25.4. The Kier molecular flexibility index (Phi) is 10.2. The van der Waals surface area contributed by atoms with E-state index in [4.69, 9.17) is 14.2 Å². The predicted molar refractivity (Wildman–Crippen MR) is 171 cm³/mol. The lowest BCUT2D eigenvalue weighted by Gasteiger charge is -2.45. The van der Waals surface area contributed by atoms with Crippen molar-refractivity contribution in [1.82, 2.24) is 0 Å². The number of aldehydes is 1. The summed E-state index contributed by atoms with van der Waals surface area (Å²) in [7, 11) is 5.99. The lowest BCUT2D eigenvalue weighted by atomic mass is 9.96. The van der Waals surface area contributed by atoms with E-state index in [-0.39, 0.29) is 36.0 Å². The summed E-state index contributed by atoms with van der Waals surface area (Å²) in [6.07, 6.45) is 3.98. The van der Waals surface area contributed by atoms with Gasteiger partial charge in [-0.05, 0) is 58.1 Å². The van der Waals surface area contributed by atoms with Gasteiger partial charge < -0.3 is 48.0 Å². The molecule has 3 aromatic rings. The van der Waals surface area contributed by atoms with Crippen LogP contribution in [0, 0.1) is 0 Å². The third-order valence-electron chi connectivity index (χ3n) is 9.31. The highest BCUT2D eigenvalue weighted by atomic mass is 127. The van der Waals surface area contributed by atoms with Crippen molar-refractivity contribution < 1.29 is 57.1 Å². The van der Waals surface area contributed by atoms with E-state index >= 15 is 0 Å². The van der Waals surface area contributed by atoms with Gasteiger partial charge in [0.05, 0.1) is 38.1 Å². The van der Waals surface area contributed by atoms with Crippen LogP contribution in [-0.2, 0) is 20.7 Å². The number of anilines is 2. The first-order valence-electron chi connectivity index (χ1n) is 14.9. The minimum atomic E-state index is -0.443. The molecule has 2 bridgehead atoms. The first-order valence-corrected chi connectivity index (χ1v) is 15.7. The van der Waals surface area contributed by atoms with Crippen LogP contribution in [0.25, 0.3) is 11.1 Å². The fraction of sp³-hybridized carbons (Fsp3) is 0.382. The number of carbonyl (C=O) groups excluding carboxylic acids is 3. The Morgan fingerprint density at radius 2 is 1.71 bits per heavy atom. The zero-order chi connectivity index (χ0) is 31.0. The minimum Gasteiger partial charge on any atom is -1.00 e. The van der Waals surface area contributed by atoms with Crippen LogP contribution in [-0.4, -0.2) is 74.4 Å². The van der Waals surface area contributed by atoms with Gasteiger partial charge in [-0.2, -0.15) is 0 Å². The quantitative estimate of drug-likeness (QED) is 0.142. The van der Waals surface area contributed by atoms with E-state index in [1.54, 1.807) is 12.1 Å². The first-order chi connectivity index (χ1) is 21.2. The number of quaternary nitrogens is 1. The number of amides is 2. The summed E-state index contributed by atoms with van der Waals surface area (Å²) in [5.74, 6) is 0.253. The monoisotopic (exact) mass is 789 g/mol. The Morgan fingerprint density at radius 1 is 1.00 bits per heavy atom. The number of hydrogen-bond acceptors (Lipinski definition) is 6. The maximum atomic E-state index is 13.1. The summed E-state index contributed by atoms with van der Waals surface area (Å²) in [6.45, 7) is 0. The van der Waals surface area contributed by atoms with Crippen molar-refractivity contribution in [3.05, 3.63) is 76.3 Å². The van der Waals surface area contributed by atoms with E-state index in [0.717, 1.165) is 34.0 Å². The average molecular weight is 790 g/mol. The highest BCUT2D eigenvalue weighted by Gasteiger charge is 2.70. The number of likely N-dealkylation sites (N-methyl/N-ethyl adjacent to an activating group) is 1. The summed E-state index contributed by atoms with van der Waals surface area (Å²) in [5.41, 5.74) is 4.55. The summed E-state index contributed by atoms with van der Waals surface area (Å²) in [5, 5.41) is 5.89. The molecule has 238 valence electrons. The number of ether oxygens (including phenoxy) is 3. The molecule has 0 radical (unpaired) electrons. The molecule has 3 heterocycles. The van der Waals surface area contributed by atoms with Gasteiger partial charge >= 0.3 is 6.09 Å². The maximum Gasteiger partial charge on any atom is 0.411 e. The van der Waals surface area contributed by atoms with Crippen LogP contribution in [0.2, 0.25) is 0 Å². The van der Waals surface area contributed by atoms with Gasteiger partial charge in [-0.1, -0.05) is 36.4 Å². The molecule has 0 aromatic heterocycles. The molecule has 3 saturated heterocycles. The third kappa shape index (κ3) is 7.06. The molecule has 11 heteroatoms. The van der Waals surface area contributed by atoms with Crippen LogP contribution < -0.4 is 39.3 Å². The summed E-state index contributed by atoms with van der Waals surface area (Å²) in [6, 6.07) is 19.8. The molecule has 1 unspecified atom stereocenters. The second-order valence-electron chi connectivity index (χ2n) is 12.3. The van der Waals surface area contributed by atoms with E-state index in [2.05, 4.69) is 46.7 Å². The molecule has 9 nitrogen and oxygen atoms in total. The first kappa shape index (κ1) is 33.4. The SMILES string of the molecule is COc1cc(NC(=O)CCCc2ccc(NC(=O)OC3C[C@@H]4[C@H]5O[C@H]5[C@H](C3)[N+]4(C)C)c(-c3ccccc3)c2)c(Br)cc1C=O.[I-]. The van der Waals surface area contributed by atoms with Gasteiger partial charge in [0.1, 0.15) is 36.1 Å². The molecule has 3 aliphatic heterocycles. The molecule has 3 fully saturated rings. The number of aryl methyl sites for hydroxylation is 1. The number of carbonyl (C=O) groups is 3. The van der Waals surface area contributed by atoms with Crippen LogP contribution in [0.1, 0.15) is 41.6 Å².